The molecule has 2 aliphatic rings. The summed E-state index contributed by atoms with van der Waals surface area (Å²) in [5.41, 5.74) is 0.527. The third-order valence-corrected chi connectivity index (χ3v) is 3.67. The molecule has 3 rings (SSSR count). The number of carbonyl (C=O) groups is 2. The molecule has 100 valence electrons. The van der Waals surface area contributed by atoms with Crippen LogP contribution in [0, 0.1) is 0 Å². The monoisotopic (exact) mass is 261 g/mol. The van der Waals surface area contributed by atoms with Gasteiger partial charge in [-0.2, -0.15) is 0 Å². The van der Waals surface area contributed by atoms with E-state index in [-0.39, 0.29) is 30.3 Å². The average molecular weight is 261 g/mol. The Labute approximate surface area is 111 Å². The van der Waals surface area contributed by atoms with Gasteiger partial charge in [0.1, 0.15) is 18.2 Å². The molecular formula is C14H15NO4. The van der Waals surface area contributed by atoms with E-state index in [1.54, 1.807) is 29.2 Å². The summed E-state index contributed by atoms with van der Waals surface area (Å²) in [5, 5.41) is 0. The Morgan fingerprint density at radius 3 is 2.84 bits per heavy atom. The van der Waals surface area contributed by atoms with Gasteiger partial charge in [-0.05, 0) is 19.1 Å². The van der Waals surface area contributed by atoms with E-state index >= 15 is 0 Å². The molecule has 2 saturated heterocycles. The van der Waals surface area contributed by atoms with E-state index in [4.69, 9.17) is 9.47 Å². The molecule has 0 radical (unpaired) electrons. The Balaban J connectivity index is 1.71. The Morgan fingerprint density at radius 1 is 1.37 bits per heavy atom. The number of fused-ring (bicyclic) bond motifs is 1. The van der Waals surface area contributed by atoms with Crippen LogP contribution in [0.1, 0.15) is 23.7 Å². The number of carbonyl (C=O) groups excluding carboxylic acids is 2. The van der Waals surface area contributed by atoms with Gasteiger partial charge in [-0.25, -0.2) is 9.59 Å². The first kappa shape index (κ1) is 12.0. The summed E-state index contributed by atoms with van der Waals surface area (Å²) in [6.07, 6.45) is -0.156. The summed E-state index contributed by atoms with van der Waals surface area (Å²) >= 11 is 0. The third-order valence-electron chi connectivity index (χ3n) is 3.67. The van der Waals surface area contributed by atoms with Crippen molar-refractivity contribution in [2.24, 2.45) is 0 Å². The topological polar surface area (TPSA) is 55.8 Å². The highest BCUT2D eigenvalue weighted by atomic mass is 16.6. The van der Waals surface area contributed by atoms with E-state index < -0.39 is 0 Å². The molecule has 3 atom stereocenters. The van der Waals surface area contributed by atoms with Crippen LogP contribution in [0.4, 0.5) is 4.79 Å². The van der Waals surface area contributed by atoms with Crippen molar-refractivity contribution < 1.29 is 19.1 Å². The van der Waals surface area contributed by atoms with E-state index in [2.05, 4.69) is 0 Å². The highest BCUT2D eigenvalue weighted by Gasteiger charge is 2.49. The lowest BCUT2D eigenvalue weighted by atomic mass is 10.1. The lowest BCUT2D eigenvalue weighted by Gasteiger charge is -2.21. The first-order valence-corrected chi connectivity index (χ1v) is 6.40. The van der Waals surface area contributed by atoms with Gasteiger partial charge in [-0.15, -0.1) is 0 Å². The van der Waals surface area contributed by atoms with E-state index in [0.717, 1.165) is 0 Å². The predicted octanol–water partition coefficient (Wildman–Crippen LogP) is 1.82. The van der Waals surface area contributed by atoms with Crippen LogP contribution in [-0.4, -0.2) is 41.8 Å². The van der Waals surface area contributed by atoms with Gasteiger partial charge in [0.25, 0.3) is 0 Å². The highest BCUT2D eigenvalue weighted by Crippen LogP contribution is 2.31. The fourth-order valence-electron chi connectivity index (χ4n) is 2.76. The molecule has 0 N–H and O–H groups in total. The van der Waals surface area contributed by atoms with Gasteiger partial charge in [0, 0.05) is 13.0 Å². The molecule has 0 spiro atoms. The lowest BCUT2D eigenvalue weighted by molar-refractivity contribution is 0.0173. The van der Waals surface area contributed by atoms with E-state index in [0.29, 0.717) is 18.5 Å². The van der Waals surface area contributed by atoms with Crippen LogP contribution in [0.15, 0.2) is 30.3 Å². The van der Waals surface area contributed by atoms with Crippen molar-refractivity contribution in [3.05, 3.63) is 35.9 Å². The first-order chi connectivity index (χ1) is 9.16. The molecule has 5 heteroatoms. The van der Waals surface area contributed by atoms with Crippen molar-refractivity contribution in [2.75, 3.05) is 6.54 Å². The Hall–Kier alpha value is -2.04. The minimum absolute atomic E-state index is 0.153. The van der Waals surface area contributed by atoms with Crippen LogP contribution in [0.25, 0.3) is 0 Å². The van der Waals surface area contributed by atoms with Crippen LogP contribution in [-0.2, 0) is 9.47 Å². The Morgan fingerprint density at radius 2 is 2.11 bits per heavy atom. The zero-order valence-corrected chi connectivity index (χ0v) is 10.6. The number of amides is 1. The molecule has 1 aromatic carbocycles. The van der Waals surface area contributed by atoms with Gasteiger partial charge in [0.2, 0.25) is 0 Å². The van der Waals surface area contributed by atoms with Crippen LogP contribution >= 0.6 is 0 Å². The molecule has 2 heterocycles. The fraction of sp³-hybridized carbons (Fsp3) is 0.429. The van der Waals surface area contributed by atoms with Gasteiger partial charge in [0.15, 0.2) is 0 Å². The predicted molar refractivity (Wildman–Crippen MR) is 66.7 cm³/mol. The van der Waals surface area contributed by atoms with Gasteiger partial charge >= 0.3 is 12.1 Å². The summed E-state index contributed by atoms with van der Waals surface area (Å²) in [7, 11) is 0. The average Bonchev–Trinajstić information content (AvgIpc) is 2.94. The van der Waals surface area contributed by atoms with Crippen molar-refractivity contribution >= 4 is 12.1 Å². The van der Waals surface area contributed by atoms with Gasteiger partial charge in [-0.3, -0.25) is 4.90 Å². The molecule has 2 aliphatic heterocycles. The fourth-order valence-corrected chi connectivity index (χ4v) is 2.76. The molecule has 1 aromatic rings. The lowest BCUT2D eigenvalue weighted by Crippen LogP contribution is -2.38. The molecule has 1 amide bonds. The molecule has 0 saturated carbocycles. The molecule has 19 heavy (non-hydrogen) atoms. The summed E-state index contributed by atoms with van der Waals surface area (Å²) in [6.45, 7) is 2.41. The van der Waals surface area contributed by atoms with Crippen molar-refractivity contribution in [2.45, 2.75) is 31.6 Å². The molecule has 5 nitrogen and oxygen atoms in total. The first-order valence-electron chi connectivity index (χ1n) is 6.40. The standard InChI is InChI=1S/C14H15NO4/c1-9-12-11(7-8-15(12)14(17)18-9)19-13(16)10-5-3-2-4-6-10/h2-6,9,11-12H,7-8H2,1H3/t9-,11+,12+/m0/s1. The van der Waals surface area contributed by atoms with E-state index in [1.807, 2.05) is 13.0 Å². The minimum atomic E-state index is -0.348. The van der Waals surface area contributed by atoms with Crippen LogP contribution in [0.2, 0.25) is 0 Å². The second-order valence-corrected chi connectivity index (χ2v) is 4.87. The number of ether oxygens (including phenoxy) is 2. The molecule has 2 fully saturated rings. The third kappa shape index (κ3) is 2.05. The highest BCUT2D eigenvalue weighted by molar-refractivity contribution is 5.89. The smallest absolute Gasteiger partial charge is 0.410 e. The maximum Gasteiger partial charge on any atom is 0.410 e. The quantitative estimate of drug-likeness (QED) is 0.762. The minimum Gasteiger partial charge on any atom is -0.456 e. The number of benzene rings is 1. The van der Waals surface area contributed by atoms with Crippen molar-refractivity contribution in [1.29, 1.82) is 0 Å². The van der Waals surface area contributed by atoms with Crippen LogP contribution in [0.5, 0.6) is 0 Å². The molecular weight excluding hydrogens is 246 g/mol. The normalized spacial score (nSPS) is 29.0. The summed E-state index contributed by atoms with van der Waals surface area (Å²) in [5.74, 6) is -0.348. The van der Waals surface area contributed by atoms with Gasteiger partial charge in [0.05, 0.1) is 5.56 Å². The number of hydrogen-bond donors (Lipinski definition) is 0. The van der Waals surface area contributed by atoms with Crippen molar-refractivity contribution in [3.8, 4) is 0 Å². The molecule has 0 unspecified atom stereocenters. The number of nitrogens with zero attached hydrogens (tertiary/aromatic N) is 1. The Kier molecular flexibility index (Phi) is 2.89. The van der Waals surface area contributed by atoms with Crippen molar-refractivity contribution in [3.63, 3.8) is 0 Å². The van der Waals surface area contributed by atoms with Crippen molar-refractivity contribution in [1.82, 2.24) is 4.90 Å². The maximum absolute atomic E-state index is 12.0. The number of rotatable bonds is 2. The number of cyclic esters (lactones) is 1. The SMILES string of the molecule is C[C@@H]1OC(=O)N2CC[C@@H](OC(=O)c3ccccc3)[C@@H]12. The van der Waals surface area contributed by atoms with Crippen LogP contribution < -0.4 is 0 Å². The van der Waals surface area contributed by atoms with Gasteiger partial charge < -0.3 is 9.47 Å². The second-order valence-electron chi connectivity index (χ2n) is 4.87. The van der Waals surface area contributed by atoms with E-state index in [1.165, 1.54) is 0 Å². The molecule has 0 bridgehead atoms. The number of hydrogen-bond acceptors (Lipinski definition) is 4. The number of esters is 1. The maximum atomic E-state index is 12.0. The Bertz CT molecular complexity index is 501. The summed E-state index contributed by atoms with van der Waals surface area (Å²) < 4.78 is 10.7. The molecule has 0 aliphatic carbocycles. The zero-order valence-electron chi connectivity index (χ0n) is 10.6. The second kappa shape index (κ2) is 4.57. The molecule has 0 aromatic heterocycles. The van der Waals surface area contributed by atoms with E-state index in [9.17, 15) is 9.59 Å². The summed E-state index contributed by atoms with van der Waals surface area (Å²) in [4.78, 5) is 25.2. The van der Waals surface area contributed by atoms with Gasteiger partial charge in [-0.1, -0.05) is 18.2 Å². The summed E-state index contributed by atoms with van der Waals surface area (Å²) in [6, 6.07) is 8.72. The zero-order chi connectivity index (χ0) is 13.4. The largest absolute Gasteiger partial charge is 0.456 e. The van der Waals surface area contributed by atoms with Crippen LogP contribution in [0.3, 0.4) is 0 Å².